The Bertz CT molecular complexity index is 369. The second kappa shape index (κ2) is 6.79. The van der Waals surface area contributed by atoms with Crippen molar-refractivity contribution in [1.82, 2.24) is 5.32 Å². The zero-order chi connectivity index (χ0) is 12.8. The summed E-state index contributed by atoms with van der Waals surface area (Å²) in [5.41, 5.74) is 2.51. The van der Waals surface area contributed by atoms with Gasteiger partial charge in [-0.15, -0.1) is 0 Å². The highest BCUT2D eigenvalue weighted by molar-refractivity contribution is 5.40. The van der Waals surface area contributed by atoms with E-state index in [0.717, 1.165) is 24.8 Å². The number of ether oxygens (including phenoxy) is 1. The molecule has 2 rings (SSSR count). The molecule has 1 aromatic carbocycles. The van der Waals surface area contributed by atoms with Crippen LogP contribution in [0.1, 0.15) is 43.2 Å². The van der Waals surface area contributed by atoms with E-state index >= 15 is 0 Å². The summed E-state index contributed by atoms with van der Waals surface area (Å²) in [6.07, 6.45) is 6.86. The molecular weight excluding hydrogens is 222 g/mol. The lowest BCUT2D eigenvalue weighted by Crippen LogP contribution is -2.10. The van der Waals surface area contributed by atoms with Crippen LogP contribution in [0.3, 0.4) is 0 Å². The first-order valence-corrected chi connectivity index (χ1v) is 7.17. The molecule has 0 saturated heterocycles. The summed E-state index contributed by atoms with van der Waals surface area (Å²) in [6, 6.07) is 6.38. The first-order valence-electron chi connectivity index (χ1n) is 7.17. The summed E-state index contributed by atoms with van der Waals surface area (Å²) in [5, 5.41) is 3.20. The highest BCUT2D eigenvalue weighted by atomic mass is 16.5. The quantitative estimate of drug-likeness (QED) is 0.828. The smallest absolute Gasteiger partial charge is 0.126 e. The van der Waals surface area contributed by atoms with Gasteiger partial charge in [-0.1, -0.05) is 43.9 Å². The molecule has 0 unspecified atom stereocenters. The van der Waals surface area contributed by atoms with Crippen molar-refractivity contribution in [3.05, 3.63) is 29.3 Å². The van der Waals surface area contributed by atoms with Crippen molar-refractivity contribution in [2.24, 2.45) is 5.92 Å². The van der Waals surface area contributed by atoms with Gasteiger partial charge in [0.15, 0.2) is 0 Å². The van der Waals surface area contributed by atoms with Crippen LogP contribution in [0.2, 0.25) is 0 Å². The molecule has 100 valence electrons. The molecule has 1 aliphatic rings. The van der Waals surface area contributed by atoms with Gasteiger partial charge in [0.1, 0.15) is 5.75 Å². The second-order valence-electron chi connectivity index (χ2n) is 5.38. The van der Waals surface area contributed by atoms with Gasteiger partial charge in [-0.05, 0) is 31.9 Å². The van der Waals surface area contributed by atoms with E-state index in [1.807, 2.05) is 7.05 Å². The Morgan fingerprint density at radius 3 is 2.78 bits per heavy atom. The maximum Gasteiger partial charge on any atom is 0.126 e. The SMILES string of the molecule is CNCc1cccc(C)c1OCCC1CCCC1. The lowest BCUT2D eigenvalue weighted by atomic mass is 10.1. The molecule has 1 N–H and O–H groups in total. The standard InChI is InChI=1S/C16H25NO/c1-13-6-5-9-15(12-17-2)16(13)18-11-10-14-7-3-4-8-14/h5-6,9,14,17H,3-4,7-8,10-12H2,1-2H3. The van der Waals surface area contributed by atoms with E-state index in [1.165, 1.54) is 43.2 Å². The monoisotopic (exact) mass is 247 g/mol. The Morgan fingerprint density at radius 1 is 1.28 bits per heavy atom. The van der Waals surface area contributed by atoms with E-state index < -0.39 is 0 Å². The highest BCUT2D eigenvalue weighted by Crippen LogP contribution is 2.29. The van der Waals surface area contributed by atoms with Crippen LogP contribution in [0, 0.1) is 12.8 Å². The Morgan fingerprint density at radius 2 is 2.06 bits per heavy atom. The van der Waals surface area contributed by atoms with Crippen molar-refractivity contribution >= 4 is 0 Å². The topological polar surface area (TPSA) is 21.3 Å². The summed E-state index contributed by atoms with van der Waals surface area (Å²) in [4.78, 5) is 0. The summed E-state index contributed by atoms with van der Waals surface area (Å²) >= 11 is 0. The third-order valence-corrected chi connectivity index (χ3v) is 3.91. The number of hydrogen-bond donors (Lipinski definition) is 1. The molecule has 1 saturated carbocycles. The fourth-order valence-corrected chi connectivity index (χ4v) is 2.88. The van der Waals surface area contributed by atoms with E-state index in [2.05, 4.69) is 30.4 Å². The zero-order valence-corrected chi connectivity index (χ0v) is 11.7. The molecule has 0 aliphatic heterocycles. The van der Waals surface area contributed by atoms with Gasteiger partial charge in [0.25, 0.3) is 0 Å². The van der Waals surface area contributed by atoms with Crippen LogP contribution in [0.5, 0.6) is 5.75 Å². The van der Waals surface area contributed by atoms with Gasteiger partial charge in [-0.2, -0.15) is 0 Å². The van der Waals surface area contributed by atoms with E-state index in [4.69, 9.17) is 4.74 Å². The van der Waals surface area contributed by atoms with Crippen LogP contribution in [-0.4, -0.2) is 13.7 Å². The normalized spacial score (nSPS) is 16.1. The molecule has 1 aliphatic carbocycles. The predicted octanol–water partition coefficient (Wildman–Crippen LogP) is 3.67. The van der Waals surface area contributed by atoms with Crippen molar-refractivity contribution < 1.29 is 4.74 Å². The summed E-state index contributed by atoms with van der Waals surface area (Å²) in [6.45, 7) is 3.87. The minimum atomic E-state index is 0.867. The fourth-order valence-electron chi connectivity index (χ4n) is 2.88. The van der Waals surface area contributed by atoms with Crippen molar-refractivity contribution in [3.8, 4) is 5.75 Å². The largest absolute Gasteiger partial charge is 0.493 e. The lowest BCUT2D eigenvalue weighted by molar-refractivity contribution is 0.275. The van der Waals surface area contributed by atoms with Crippen LogP contribution < -0.4 is 10.1 Å². The molecule has 1 fully saturated rings. The van der Waals surface area contributed by atoms with Crippen LogP contribution in [0.4, 0.5) is 0 Å². The van der Waals surface area contributed by atoms with Gasteiger partial charge in [0, 0.05) is 12.1 Å². The van der Waals surface area contributed by atoms with E-state index in [9.17, 15) is 0 Å². The number of aryl methyl sites for hydroxylation is 1. The predicted molar refractivity (Wildman–Crippen MR) is 76.0 cm³/mol. The summed E-state index contributed by atoms with van der Waals surface area (Å²) in [5.74, 6) is 1.99. The molecule has 0 atom stereocenters. The van der Waals surface area contributed by atoms with Crippen LogP contribution >= 0.6 is 0 Å². The Hall–Kier alpha value is -1.02. The van der Waals surface area contributed by atoms with E-state index in [0.29, 0.717) is 0 Å². The van der Waals surface area contributed by atoms with Gasteiger partial charge < -0.3 is 10.1 Å². The molecule has 18 heavy (non-hydrogen) atoms. The molecule has 2 nitrogen and oxygen atoms in total. The molecular formula is C16H25NO. The summed E-state index contributed by atoms with van der Waals surface area (Å²) < 4.78 is 6.04. The molecule has 0 heterocycles. The average Bonchev–Trinajstić information content (AvgIpc) is 2.86. The second-order valence-corrected chi connectivity index (χ2v) is 5.38. The van der Waals surface area contributed by atoms with Gasteiger partial charge in [-0.25, -0.2) is 0 Å². The van der Waals surface area contributed by atoms with Gasteiger partial charge in [-0.3, -0.25) is 0 Å². The molecule has 0 amide bonds. The van der Waals surface area contributed by atoms with Crippen LogP contribution in [0.15, 0.2) is 18.2 Å². The summed E-state index contributed by atoms with van der Waals surface area (Å²) in [7, 11) is 1.98. The number of para-hydroxylation sites is 1. The molecule has 0 spiro atoms. The molecule has 0 radical (unpaired) electrons. The van der Waals surface area contributed by atoms with Gasteiger partial charge in [0.05, 0.1) is 6.61 Å². The number of nitrogens with one attached hydrogen (secondary N) is 1. The molecule has 1 aromatic rings. The van der Waals surface area contributed by atoms with Crippen molar-refractivity contribution in [1.29, 1.82) is 0 Å². The molecule has 0 bridgehead atoms. The van der Waals surface area contributed by atoms with Crippen molar-refractivity contribution in [2.75, 3.05) is 13.7 Å². The first kappa shape index (κ1) is 13.4. The minimum Gasteiger partial charge on any atom is -0.493 e. The third-order valence-electron chi connectivity index (χ3n) is 3.91. The Balaban J connectivity index is 1.90. The Labute approximate surface area is 111 Å². The molecule has 0 aromatic heterocycles. The maximum absolute atomic E-state index is 6.04. The number of hydrogen-bond acceptors (Lipinski definition) is 2. The minimum absolute atomic E-state index is 0.867. The molecule has 2 heteroatoms. The lowest BCUT2D eigenvalue weighted by Gasteiger charge is -2.15. The van der Waals surface area contributed by atoms with Crippen molar-refractivity contribution in [3.63, 3.8) is 0 Å². The van der Waals surface area contributed by atoms with Gasteiger partial charge >= 0.3 is 0 Å². The van der Waals surface area contributed by atoms with E-state index in [-0.39, 0.29) is 0 Å². The number of benzene rings is 1. The fraction of sp³-hybridized carbons (Fsp3) is 0.625. The first-order chi connectivity index (χ1) is 8.81. The maximum atomic E-state index is 6.04. The zero-order valence-electron chi connectivity index (χ0n) is 11.7. The third kappa shape index (κ3) is 3.49. The van der Waals surface area contributed by atoms with Crippen LogP contribution in [-0.2, 0) is 6.54 Å². The van der Waals surface area contributed by atoms with E-state index in [1.54, 1.807) is 0 Å². The highest BCUT2D eigenvalue weighted by Gasteiger charge is 2.15. The van der Waals surface area contributed by atoms with Gasteiger partial charge in [0.2, 0.25) is 0 Å². The van der Waals surface area contributed by atoms with Crippen LogP contribution in [0.25, 0.3) is 0 Å². The average molecular weight is 247 g/mol. The number of rotatable bonds is 6. The van der Waals surface area contributed by atoms with Crippen molar-refractivity contribution in [2.45, 2.75) is 45.6 Å². The Kier molecular flexibility index (Phi) is 5.06.